The normalized spacial score (nSPS) is 15.0. The predicted octanol–water partition coefficient (Wildman–Crippen LogP) is 0.993. The Morgan fingerprint density at radius 3 is 2.82 bits per heavy atom. The molecular weight excluding hydrogens is 280 g/mol. The summed E-state index contributed by atoms with van der Waals surface area (Å²) in [4.78, 5) is 22.9. The van der Waals surface area contributed by atoms with Crippen molar-refractivity contribution in [3.63, 3.8) is 0 Å². The molecule has 0 radical (unpaired) electrons. The Labute approximate surface area is 126 Å². The number of fused-ring (bicyclic) bond motifs is 1. The van der Waals surface area contributed by atoms with Crippen LogP contribution in [-0.4, -0.2) is 48.9 Å². The predicted molar refractivity (Wildman–Crippen MR) is 79.0 cm³/mol. The van der Waals surface area contributed by atoms with E-state index in [-0.39, 0.29) is 5.91 Å². The topological polar surface area (TPSA) is 76.8 Å². The summed E-state index contributed by atoms with van der Waals surface area (Å²) in [6.07, 6.45) is 5.04. The Morgan fingerprint density at radius 2 is 2.05 bits per heavy atom. The number of amides is 1. The van der Waals surface area contributed by atoms with Crippen LogP contribution < -0.4 is 0 Å². The monoisotopic (exact) mass is 294 g/mol. The largest absolute Gasteiger partial charge is 0.336 e. The minimum atomic E-state index is -0.0620. The van der Waals surface area contributed by atoms with E-state index in [4.69, 9.17) is 0 Å². The van der Waals surface area contributed by atoms with E-state index in [0.717, 1.165) is 17.6 Å². The molecule has 1 aromatic carbocycles. The van der Waals surface area contributed by atoms with Gasteiger partial charge in [-0.15, -0.1) is 5.10 Å². The number of carbonyl (C=O) groups excluding carboxylic acids is 1. The van der Waals surface area contributed by atoms with Crippen LogP contribution in [0, 0.1) is 5.92 Å². The van der Waals surface area contributed by atoms with Gasteiger partial charge >= 0.3 is 0 Å². The van der Waals surface area contributed by atoms with Gasteiger partial charge in [0.2, 0.25) is 0 Å². The fraction of sp³-hybridized carbons (Fsp3) is 0.267. The van der Waals surface area contributed by atoms with E-state index in [1.807, 2.05) is 30.5 Å². The molecule has 1 amide bonds. The molecule has 1 aliphatic heterocycles. The first-order chi connectivity index (χ1) is 10.8. The van der Waals surface area contributed by atoms with Crippen LogP contribution in [0.5, 0.6) is 0 Å². The fourth-order valence-corrected chi connectivity index (χ4v) is 2.67. The van der Waals surface area contributed by atoms with Crippen molar-refractivity contribution in [3.8, 4) is 0 Å². The summed E-state index contributed by atoms with van der Waals surface area (Å²) in [5.74, 6) is 0.354. The molecule has 0 N–H and O–H groups in total. The van der Waals surface area contributed by atoms with Crippen LogP contribution in [0.4, 0.5) is 0 Å². The van der Waals surface area contributed by atoms with Crippen molar-refractivity contribution in [1.82, 2.24) is 29.9 Å². The van der Waals surface area contributed by atoms with Gasteiger partial charge in [-0.1, -0.05) is 17.3 Å². The minimum absolute atomic E-state index is 0.0620. The molecule has 0 atom stereocenters. The molecule has 0 aliphatic carbocycles. The second-order valence-electron chi connectivity index (χ2n) is 5.45. The van der Waals surface area contributed by atoms with Crippen molar-refractivity contribution in [1.29, 1.82) is 0 Å². The van der Waals surface area contributed by atoms with Gasteiger partial charge in [0.15, 0.2) is 0 Å². The van der Waals surface area contributed by atoms with Crippen LogP contribution in [0.25, 0.3) is 11.0 Å². The lowest BCUT2D eigenvalue weighted by Gasteiger charge is -2.38. The first kappa shape index (κ1) is 12.9. The van der Waals surface area contributed by atoms with Crippen LogP contribution in [0.15, 0.2) is 42.9 Å². The van der Waals surface area contributed by atoms with E-state index in [2.05, 4.69) is 20.3 Å². The van der Waals surface area contributed by atoms with Crippen LogP contribution in [0.2, 0.25) is 0 Å². The Hall–Kier alpha value is -2.83. The van der Waals surface area contributed by atoms with Gasteiger partial charge in [-0.05, 0) is 12.1 Å². The number of nitrogens with zero attached hydrogens (tertiary/aromatic N) is 6. The number of hydrogen-bond acceptors (Lipinski definition) is 5. The number of carbonyl (C=O) groups is 1. The zero-order chi connectivity index (χ0) is 14.9. The van der Waals surface area contributed by atoms with Gasteiger partial charge in [-0.3, -0.25) is 14.5 Å². The highest BCUT2D eigenvalue weighted by molar-refractivity contribution is 5.94. The molecular formula is C15H14N6O. The number of rotatable bonds is 3. The van der Waals surface area contributed by atoms with Crippen LogP contribution >= 0.6 is 0 Å². The van der Waals surface area contributed by atoms with Crippen molar-refractivity contribution in [2.24, 2.45) is 5.92 Å². The Balaban J connectivity index is 1.44. The second-order valence-corrected chi connectivity index (χ2v) is 5.45. The lowest BCUT2D eigenvalue weighted by atomic mass is 10.00. The first-order valence-corrected chi connectivity index (χ1v) is 7.15. The van der Waals surface area contributed by atoms with Gasteiger partial charge in [0, 0.05) is 31.7 Å². The van der Waals surface area contributed by atoms with Gasteiger partial charge in [0.1, 0.15) is 5.69 Å². The molecule has 3 heterocycles. The molecule has 1 saturated heterocycles. The summed E-state index contributed by atoms with van der Waals surface area (Å²) in [5.41, 5.74) is 1.94. The zero-order valence-corrected chi connectivity index (χ0v) is 11.8. The standard InChI is InChI=1S/C15H14N6O/c22-15(14-7-16-12-3-1-2-4-13(12)18-14)20-8-11(9-20)10-21-6-5-17-19-21/h1-7,11H,8-10H2. The summed E-state index contributed by atoms with van der Waals surface area (Å²) >= 11 is 0. The average Bonchev–Trinajstić information content (AvgIpc) is 3.02. The van der Waals surface area contributed by atoms with Gasteiger partial charge in [-0.2, -0.15) is 0 Å². The molecule has 1 fully saturated rings. The van der Waals surface area contributed by atoms with E-state index in [9.17, 15) is 4.79 Å². The smallest absolute Gasteiger partial charge is 0.274 e. The summed E-state index contributed by atoms with van der Waals surface area (Å²) in [5, 5.41) is 7.72. The van der Waals surface area contributed by atoms with Gasteiger partial charge in [0.05, 0.1) is 23.4 Å². The van der Waals surface area contributed by atoms with Crippen molar-refractivity contribution in [2.75, 3.05) is 13.1 Å². The molecule has 7 heteroatoms. The molecule has 0 unspecified atom stereocenters. The SMILES string of the molecule is O=C(c1cnc2ccccc2n1)N1CC(Cn2ccnn2)C1. The van der Waals surface area contributed by atoms with Crippen LogP contribution in [-0.2, 0) is 6.54 Å². The van der Waals surface area contributed by atoms with Gasteiger partial charge < -0.3 is 4.90 Å². The average molecular weight is 294 g/mol. The number of hydrogen-bond donors (Lipinski definition) is 0. The van der Waals surface area contributed by atoms with Crippen LogP contribution in [0.1, 0.15) is 10.5 Å². The fourth-order valence-electron chi connectivity index (χ4n) is 2.67. The Bertz CT molecular complexity index is 810. The number of likely N-dealkylation sites (tertiary alicyclic amines) is 1. The first-order valence-electron chi connectivity index (χ1n) is 7.15. The second kappa shape index (κ2) is 5.18. The van der Waals surface area contributed by atoms with Crippen molar-refractivity contribution in [2.45, 2.75) is 6.54 Å². The van der Waals surface area contributed by atoms with Crippen molar-refractivity contribution < 1.29 is 4.79 Å². The quantitative estimate of drug-likeness (QED) is 0.720. The summed E-state index contributed by atoms with van der Waals surface area (Å²) < 4.78 is 1.79. The number of aromatic nitrogens is 5. The van der Waals surface area contributed by atoms with Gasteiger partial charge in [0.25, 0.3) is 5.91 Å². The third kappa shape index (κ3) is 2.30. The van der Waals surface area contributed by atoms with Crippen molar-refractivity contribution >= 4 is 16.9 Å². The third-order valence-corrected chi connectivity index (χ3v) is 3.83. The highest BCUT2D eigenvalue weighted by Gasteiger charge is 2.32. The van der Waals surface area contributed by atoms with E-state index in [0.29, 0.717) is 24.7 Å². The Kier molecular flexibility index (Phi) is 3.03. The van der Waals surface area contributed by atoms with Gasteiger partial charge in [-0.25, -0.2) is 4.98 Å². The third-order valence-electron chi connectivity index (χ3n) is 3.83. The minimum Gasteiger partial charge on any atom is -0.336 e. The maximum absolute atomic E-state index is 12.4. The van der Waals surface area contributed by atoms with Crippen LogP contribution in [0.3, 0.4) is 0 Å². The molecule has 22 heavy (non-hydrogen) atoms. The highest BCUT2D eigenvalue weighted by atomic mass is 16.2. The molecule has 0 spiro atoms. The highest BCUT2D eigenvalue weighted by Crippen LogP contribution is 2.20. The van der Waals surface area contributed by atoms with E-state index >= 15 is 0 Å². The molecule has 2 aromatic heterocycles. The maximum Gasteiger partial charge on any atom is 0.274 e. The van der Waals surface area contributed by atoms with E-state index in [1.165, 1.54) is 0 Å². The number of para-hydroxylation sites is 2. The molecule has 0 bridgehead atoms. The molecule has 110 valence electrons. The van der Waals surface area contributed by atoms with E-state index in [1.54, 1.807) is 22.0 Å². The molecule has 7 nitrogen and oxygen atoms in total. The lowest BCUT2D eigenvalue weighted by Crippen LogP contribution is -2.51. The maximum atomic E-state index is 12.4. The lowest BCUT2D eigenvalue weighted by molar-refractivity contribution is 0.0454. The Morgan fingerprint density at radius 1 is 1.23 bits per heavy atom. The summed E-state index contributed by atoms with van der Waals surface area (Å²) in [6.45, 7) is 2.22. The van der Waals surface area contributed by atoms with E-state index < -0.39 is 0 Å². The summed E-state index contributed by atoms with van der Waals surface area (Å²) in [7, 11) is 0. The summed E-state index contributed by atoms with van der Waals surface area (Å²) in [6, 6.07) is 7.54. The molecule has 1 aliphatic rings. The van der Waals surface area contributed by atoms with Crippen molar-refractivity contribution in [3.05, 3.63) is 48.5 Å². The number of benzene rings is 1. The molecule has 0 saturated carbocycles. The molecule has 3 aromatic rings. The zero-order valence-electron chi connectivity index (χ0n) is 11.8. The molecule has 4 rings (SSSR count).